The molecule has 2 fully saturated rings. The summed E-state index contributed by atoms with van der Waals surface area (Å²) >= 11 is 0. The highest BCUT2D eigenvalue weighted by atomic mass is 32.2. The lowest BCUT2D eigenvalue weighted by atomic mass is 9.97. The van der Waals surface area contributed by atoms with Gasteiger partial charge in [-0.25, -0.2) is 13.2 Å². The van der Waals surface area contributed by atoms with Crippen LogP contribution in [0.25, 0.3) is 0 Å². The molecule has 0 radical (unpaired) electrons. The van der Waals surface area contributed by atoms with Crippen LogP contribution in [0.15, 0.2) is 29.2 Å². The zero-order chi connectivity index (χ0) is 23.1. The van der Waals surface area contributed by atoms with Gasteiger partial charge in [0.15, 0.2) is 6.61 Å². The monoisotopic (exact) mass is 466 g/mol. The van der Waals surface area contributed by atoms with Crippen molar-refractivity contribution in [1.29, 1.82) is 0 Å². The third-order valence-corrected chi connectivity index (χ3v) is 7.91. The molecular weight excluding hydrogens is 436 g/mol. The number of methoxy groups -OCH3 is 1. The van der Waals surface area contributed by atoms with Gasteiger partial charge in [-0.1, -0.05) is 12.8 Å². The molecule has 2 aliphatic heterocycles. The van der Waals surface area contributed by atoms with E-state index in [1.807, 2.05) is 0 Å². The summed E-state index contributed by atoms with van der Waals surface area (Å²) in [6.07, 6.45) is 4.77. The molecular formula is C22H30N2O7S. The van der Waals surface area contributed by atoms with Crippen molar-refractivity contribution in [3.05, 3.63) is 29.8 Å². The standard InChI is InChI=1S/C22H30N2O7S/c1-30-21(26)18-10-14-23(15-11-18)20(25)16-31-22(27)17-6-8-19(9-7-17)32(28,29)24-12-4-2-3-5-13-24/h6-9,18H,2-5,10-16H2,1H3. The van der Waals surface area contributed by atoms with Crippen LogP contribution in [0.4, 0.5) is 0 Å². The van der Waals surface area contributed by atoms with Crippen LogP contribution in [-0.2, 0) is 29.1 Å². The van der Waals surface area contributed by atoms with Gasteiger partial charge in [0.05, 0.1) is 23.5 Å². The van der Waals surface area contributed by atoms with Gasteiger partial charge < -0.3 is 14.4 Å². The van der Waals surface area contributed by atoms with Crippen LogP contribution in [0.2, 0.25) is 0 Å². The number of sulfonamides is 1. The largest absolute Gasteiger partial charge is 0.469 e. The van der Waals surface area contributed by atoms with E-state index < -0.39 is 22.6 Å². The van der Waals surface area contributed by atoms with Gasteiger partial charge in [-0.15, -0.1) is 0 Å². The number of nitrogens with zero attached hydrogens (tertiary/aromatic N) is 2. The first-order valence-electron chi connectivity index (χ1n) is 11.0. The Labute approximate surface area is 188 Å². The molecule has 32 heavy (non-hydrogen) atoms. The number of hydrogen-bond acceptors (Lipinski definition) is 7. The Morgan fingerprint density at radius 1 is 0.938 bits per heavy atom. The summed E-state index contributed by atoms with van der Waals surface area (Å²) in [4.78, 5) is 37.9. The van der Waals surface area contributed by atoms with Gasteiger partial charge in [0, 0.05) is 26.2 Å². The Morgan fingerprint density at radius 2 is 1.53 bits per heavy atom. The van der Waals surface area contributed by atoms with E-state index in [-0.39, 0.29) is 28.3 Å². The minimum absolute atomic E-state index is 0.139. The first-order chi connectivity index (χ1) is 15.3. The van der Waals surface area contributed by atoms with Gasteiger partial charge in [-0.05, 0) is 49.9 Å². The number of amides is 1. The highest BCUT2D eigenvalue weighted by Crippen LogP contribution is 2.21. The normalized spacial score (nSPS) is 18.6. The summed E-state index contributed by atoms with van der Waals surface area (Å²) in [6.45, 7) is 1.41. The van der Waals surface area contributed by atoms with Gasteiger partial charge in [0.2, 0.25) is 10.0 Å². The van der Waals surface area contributed by atoms with Crippen molar-refractivity contribution in [2.45, 2.75) is 43.4 Å². The third-order valence-electron chi connectivity index (χ3n) is 6.00. The van der Waals surface area contributed by atoms with Crippen molar-refractivity contribution in [2.24, 2.45) is 5.92 Å². The van der Waals surface area contributed by atoms with Gasteiger partial charge >= 0.3 is 11.9 Å². The van der Waals surface area contributed by atoms with Crippen molar-refractivity contribution in [1.82, 2.24) is 9.21 Å². The molecule has 2 saturated heterocycles. The van der Waals surface area contributed by atoms with E-state index in [1.165, 1.54) is 35.7 Å². The van der Waals surface area contributed by atoms with E-state index in [1.54, 1.807) is 4.90 Å². The molecule has 1 aromatic rings. The lowest BCUT2D eigenvalue weighted by Crippen LogP contribution is -2.42. The predicted molar refractivity (Wildman–Crippen MR) is 115 cm³/mol. The second kappa shape index (κ2) is 10.9. The van der Waals surface area contributed by atoms with E-state index in [9.17, 15) is 22.8 Å². The van der Waals surface area contributed by atoms with E-state index in [0.29, 0.717) is 39.0 Å². The predicted octanol–water partition coefficient (Wildman–Crippen LogP) is 1.82. The molecule has 0 spiro atoms. The summed E-state index contributed by atoms with van der Waals surface area (Å²) in [7, 11) is -2.25. The fourth-order valence-corrected chi connectivity index (χ4v) is 5.54. The first-order valence-corrected chi connectivity index (χ1v) is 12.4. The highest BCUT2D eigenvalue weighted by Gasteiger charge is 2.29. The minimum atomic E-state index is -3.59. The Hall–Kier alpha value is -2.46. The number of ether oxygens (including phenoxy) is 2. The number of rotatable bonds is 6. The molecule has 176 valence electrons. The SMILES string of the molecule is COC(=O)C1CCN(C(=O)COC(=O)c2ccc(S(=O)(=O)N3CCCCCC3)cc2)CC1. The summed E-state index contributed by atoms with van der Waals surface area (Å²) < 4.78 is 37.0. The Kier molecular flexibility index (Phi) is 8.25. The number of esters is 2. The van der Waals surface area contributed by atoms with Crippen LogP contribution < -0.4 is 0 Å². The molecule has 10 heteroatoms. The van der Waals surface area contributed by atoms with E-state index in [4.69, 9.17) is 9.47 Å². The molecule has 1 aromatic carbocycles. The number of piperidine rings is 1. The second-order valence-corrected chi connectivity index (χ2v) is 10.0. The Balaban J connectivity index is 1.51. The fraction of sp³-hybridized carbons (Fsp3) is 0.591. The van der Waals surface area contributed by atoms with Crippen LogP contribution in [-0.4, -0.2) is 75.4 Å². The van der Waals surface area contributed by atoms with Crippen LogP contribution in [0.3, 0.4) is 0 Å². The molecule has 2 aliphatic rings. The average molecular weight is 467 g/mol. The molecule has 0 saturated carbocycles. The Bertz CT molecular complexity index is 914. The topological polar surface area (TPSA) is 110 Å². The Morgan fingerprint density at radius 3 is 2.09 bits per heavy atom. The summed E-state index contributed by atoms with van der Waals surface area (Å²) in [5.74, 6) is -1.51. The number of likely N-dealkylation sites (tertiary alicyclic amines) is 1. The highest BCUT2D eigenvalue weighted by molar-refractivity contribution is 7.89. The number of benzene rings is 1. The molecule has 0 atom stereocenters. The molecule has 3 rings (SSSR count). The average Bonchev–Trinajstić information content (AvgIpc) is 3.12. The fourth-order valence-electron chi connectivity index (χ4n) is 4.03. The smallest absolute Gasteiger partial charge is 0.338 e. The molecule has 9 nitrogen and oxygen atoms in total. The third kappa shape index (κ3) is 5.86. The molecule has 0 aliphatic carbocycles. The molecule has 0 bridgehead atoms. The molecule has 0 unspecified atom stereocenters. The number of carbonyl (C=O) groups excluding carboxylic acids is 3. The van der Waals surface area contributed by atoms with Crippen molar-refractivity contribution in [3.8, 4) is 0 Å². The van der Waals surface area contributed by atoms with Crippen molar-refractivity contribution in [2.75, 3.05) is 39.9 Å². The quantitative estimate of drug-likeness (QED) is 0.588. The van der Waals surface area contributed by atoms with Crippen LogP contribution in [0.1, 0.15) is 48.9 Å². The summed E-state index contributed by atoms with van der Waals surface area (Å²) in [5.41, 5.74) is 0.178. The zero-order valence-electron chi connectivity index (χ0n) is 18.3. The van der Waals surface area contributed by atoms with Crippen molar-refractivity contribution >= 4 is 27.9 Å². The first kappa shape index (κ1) is 24.2. The van der Waals surface area contributed by atoms with E-state index in [2.05, 4.69) is 0 Å². The van der Waals surface area contributed by atoms with Crippen LogP contribution in [0, 0.1) is 5.92 Å². The molecule has 0 N–H and O–H groups in total. The zero-order valence-corrected chi connectivity index (χ0v) is 19.1. The maximum atomic E-state index is 12.8. The minimum Gasteiger partial charge on any atom is -0.469 e. The van der Waals surface area contributed by atoms with E-state index in [0.717, 1.165) is 25.7 Å². The van der Waals surface area contributed by atoms with Gasteiger partial charge in [-0.2, -0.15) is 4.31 Å². The van der Waals surface area contributed by atoms with Crippen LogP contribution in [0.5, 0.6) is 0 Å². The van der Waals surface area contributed by atoms with Gasteiger partial charge in [0.25, 0.3) is 5.91 Å². The summed E-state index contributed by atoms with van der Waals surface area (Å²) in [6, 6.07) is 5.60. The van der Waals surface area contributed by atoms with E-state index >= 15 is 0 Å². The second-order valence-electron chi connectivity index (χ2n) is 8.10. The lowest BCUT2D eigenvalue weighted by molar-refractivity contribution is -0.149. The van der Waals surface area contributed by atoms with Crippen LogP contribution >= 0.6 is 0 Å². The maximum absolute atomic E-state index is 12.8. The molecule has 0 aromatic heterocycles. The van der Waals surface area contributed by atoms with Gasteiger partial charge in [-0.3, -0.25) is 9.59 Å². The lowest BCUT2D eigenvalue weighted by Gasteiger charge is -2.30. The number of hydrogen-bond donors (Lipinski definition) is 0. The van der Waals surface area contributed by atoms with Gasteiger partial charge in [0.1, 0.15) is 0 Å². The molecule has 1 amide bonds. The molecule has 2 heterocycles. The van der Waals surface area contributed by atoms with Crippen molar-refractivity contribution in [3.63, 3.8) is 0 Å². The maximum Gasteiger partial charge on any atom is 0.338 e. The number of carbonyl (C=O) groups is 3. The van der Waals surface area contributed by atoms with Crippen molar-refractivity contribution < 1.29 is 32.3 Å². The summed E-state index contributed by atoms with van der Waals surface area (Å²) in [5, 5.41) is 0.